The maximum Gasteiger partial charge on any atom is 0.254 e. The van der Waals surface area contributed by atoms with Crippen LogP contribution in [-0.2, 0) is 16.1 Å². The number of aromatic nitrogens is 2. The predicted molar refractivity (Wildman–Crippen MR) is 98.7 cm³/mol. The van der Waals surface area contributed by atoms with Gasteiger partial charge >= 0.3 is 0 Å². The third kappa shape index (κ3) is 3.08. The van der Waals surface area contributed by atoms with Gasteiger partial charge in [0.25, 0.3) is 5.91 Å². The van der Waals surface area contributed by atoms with Crippen molar-refractivity contribution in [3.63, 3.8) is 0 Å². The van der Waals surface area contributed by atoms with Crippen molar-refractivity contribution in [2.24, 2.45) is 0 Å². The Hall–Kier alpha value is -3.48. The van der Waals surface area contributed by atoms with E-state index in [4.69, 9.17) is 4.42 Å². The number of para-hydroxylation sites is 1. The van der Waals surface area contributed by atoms with Crippen LogP contribution in [0.5, 0.6) is 0 Å². The van der Waals surface area contributed by atoms with Gasteiger partial charge < -0.3 is 14.6 Å². The number of anilines is 1. The molecule has 0 aliphatic carbocycles. The van der Waals surface area contributed by atoms with Gasteiger partial charge in [0.15, 0.2) is 0 Å². The Kier molecular flexibility index (Phi) is 4.19. The molecule has 136 valence electrons. The number of hydrogen-bond donors (Lipinski definition) is 1. The van der Waals surface area contributed by atoms with Crippen molar-refractivity contribution in [3.05, 3.63) is 65.5 Å². The molecule has 1 aliphatic heterocycles. The molecular weight excluding hydrogens is 344 g/mol. The van der Waals surface area contributed by atoms with Crippen LogP contribution in [-0.4, -0.2) is 22.0 Å². The Morgan fingerprint density at radius 3 is 2.67 bits per heavy atom. The maximum atomic E-state index is 13.0. The Morgan fingerprint density at radius 1 is 1.15 bits per heavy atom. The van der Waals surface area contributed by atoms with E-state index in [2.05, 4.69) is 15.5 Å². The molecule has 2 heterocycles. The minimum Gasteiger partial charge on any atom is -0.419 e. The molecule has 1 atom stereocenters. The number of carbonyl (C=O) groups is 2. The summed E-state index contributed by atoms with van der Waals surface area (Å²) in [7, 11) is 0. The lowest BCUT2D eigenvalue weighted by molar-refractivity contribution is -0.126. The number of carbonyl (C=O) groups excluding carboxylic acids is 2. The van der Waals surface area contributed by atoms with Crippen LogP contribution in [0.1, 0.15) is 30.0 Å². The first-order valence-electron chi connectivity index (χ1n) is 8.60. The summed E-state index contributed by atoms with van der Waals surface area (Å²) >= 11 is 0. The molecule has 0 spiro atoms. The normalized spacial score (nSPS) is 15.7. The fourth-order valence-electron chi connectivity index (χ4n) is 3.33. The topological polar surface area (TPSA) is 88.3 Å². The molecule has 7 nitrogen and oxygen atoms in total. The molecule has 0 saturated heterocycles. The second-order valence-corrected chi connectivity index (χ2v) is 6.44. The molecule has 1 aromatic heterocycles. The van der Waals surface area contributed by atoms with Gasteiger partial charge in [0.1, 0.15) is 12.6 Å². The van der Waals surface area contributed by atoms with Crippen LogP contribution in [0.25, 0.3) is 11.5 Å². The van der Waals surface area contributed by atoms with Crippen LogP contribution in [0.4, 0.5) is 5.69 Å². The lowest BCUT2D eigenvalue weighted by Gasteiger charge is -2.17. The summed E-state index contributed by atoms with van der Waals surface area (Å²) in [5, 5.41) is 10.9. The van der Waals surface area contributed by atoms with Crippen LogP contribution in [0.3, 0.4) is 0 Å². The van der Waals surface area contributed by atoms with Crippen LogP contribution < -0.4 is 10.2 Å². The molecule has 2 aromatic carbocycles. The van der Waals surface area contributed by atoms with E-state index in [9.17, 15) is 9.59 Å². The molecule has 0 saturated carbocycles. The number of benzene rings is 2. The van der Waals surface area contributed by atoms with Crippen molar-refractivity contribution < 1.29 is 14.0 Å². The molecule has 2 amide bonds. The molecule has 1 unspecified atom stereocenters. The summed E-state index contributed by atoms with van der Waals surface area (Å²) in [6, 6.07) is 14.4. The monoisotopic (exact) mass is 362 g/mol. The smallest absolute Gasteiger partial charge is 0.254 e. The van der Waals surface area contributed by atoms with Gasteiger partial charge in [0.05, 0.1) is 5.69 Å². The van der Waals surface area contributed by atoms with Crippen molar-refractivity contribution in [3.8, 4) is 11.5 Å². The van der Waals surface area contributed by atoms with E-state index < -0.39 is 6.04 Å². The minimum atomic E-state index is -0.700. The minimum absolute atomic E-state index is 0.145. The van der Waals surface area contributed by atoms with E-state index >= 15 is 0 Å². The van der Waals surface area contributed by atoms with E-state index in [0.717, 1.165) is 22.4 Å². The molecule has 27 heavy (non-hydrogen) atoms. The van der Waals surface area contributed by atoms with Crippen molar-refractivity contribution >= 4 is 17.5 Å². The molecule has 1 aliphatic rings. The molecular formula is C20H18N4O3. The van der Waals surface area contributed by atoms with E-state index in [1.165, 1.54) is 6.92 Å². The van der Waals surface area contributed by atoms with Crippen molar-refractivity contribution in [1.82, 2.24) is 15.5 Å². The first-order chi connectivity index (χ1) is 13.0. The second kappa shape index (κ2) is 6.68. The molecule has 0 bridgehead atoms. The first kappa shape index (κ1) is 17.0. The van der Waals surface area contributed by atoms with Gasteiger partial charge in [-0.05, 0) is 24.6 Å². The fraction of sp³-hybridized carbons (Fsp3) is 0.200. The Balaban J connectivity index is 1.66. The number of amides is 2. The zero-order chi connectivity index (χ0) is 19.0. The van der Waals surface area contributed by atoms with E-state index in [1.54, 1.807) is 4.90 Å². The van der Waals surface area contributed by atoms with Gasteiger partial charge in [-0.2, -0.15) is 0 Å². The van der Waals surface area contributed by atoms with Gasteiger partial charge in [0.2, 0.25) is 17.7 Å². The average molecular weight is 362 g/mol. The fourth-order valence-corrected chi connectivity index (χ4v) is 3.33. The summed E-state index contributed by atoms with van der Waals surface area (Å²) in [5.41, 5.74) is 3.31. The van der Waals surface area contributed by atoms with Crippen LogP contribution in [0.2, 0.25) is 0 Å². The number of aryl methyl sites for hydroxylation is 1. The number of hydrogen-bond acceptors (Lipinski definition) is 5. The van der Waals surface area contributed by atoms with E-state index in [0.29, 0.717) is 11.8 Å². The van der Waals surface area contributed by atoms with Crippen molar-refractivity contribution in [2.45, 2.75) is 26.4 Å². The van der Waals surface area contributed by atoms with Crippen LogP contribution in [0.15, 0.2) is 52.9 Å². The predicted octanol–water partition coefficient (Wildman–Crippen LogP) is 2.77. The number of fused-ring (bicyclic) bond motifs is 1. The lowest BCUT2D eigenvalue weighted by atomic mass is 10.1. The molecule has 7 heteroatoms. The third-order valence-electron chi connectivity index (χ3n) is 4.49. The molecule has 1 N–H and O–H groups in total. The van der Waals surface area contributed by atoms with Gasteiger partial charge in [-0.1, -0.05) is 36.4 Å². The highest BCUT2D eigenvalue weighted by Gasteiger charge is 2.39. The van der Waals surface area contributed by atoms with Crippen molar-refractivity contribution in [1.29, 1.82) is 0 Å². The Labute approximate surface area is 156 Å². The highest BCUT2D eigenvalue weighted by Crippen LogP contribution is 2.39. The molecule has 0 radical (unpaired) electrons. The van der Waals surface area contributed by atoms with Gasteiger partial charge in [-0.15, -0.1) is 10.2 Å². The first-order valence-corrected chi connectivity index (χ1v) is 8.60. The zero-order valence-corrected chi connectivity index (χ0v) is 15.0. The molecule has 0 fully saturated rings. The highest BCUT2D eigenvalue weighted by atomic mass is 16.4. The standard InChI is InChI=1S/C20H18N4O3/c1-12-7-6-10-15-17(21-13(2)25)20(26)24(18(12)15)11-16-22-23-19(27-16)14-8-4-3-5-9-14/h3-10,17H,11H2,1-2H3,(H,21,25). The van der Waals surface area contributed by atoms with Crippen LogP contribution >= 0.6 is 0 Å². The number of rotatable bonds is 4. The van der Waals surface area contributed by atoms with E-state index in [-0.39, 0.29) is 18.4 Å². The SMILES string of the molecule is CC(=O)NC1C(=O)N(Cc2nnc(-c3ccccc3)o2)c2c(C)cccc21. The summed E-state index contributed by atoms with van der Waals surface area (Å²) in [4.78, 5) is 26.1. The molecule has 4 rings (SSSR count). The average Bonchev–Trinajstić information content (AvgIpc) is 3.22. The largest absolute Gasteiger partial charge is 0.419 e. The van der Waals surface area contributed by atoms with Crippen molar-refractivity contribution in [2.75, 3.05) is 4.90 Å². The summed E-state index contributed by atoms with van der Waals surface area (Å²) in [5.74, 6) is 0.265. The Morgan fingerprint density at radius 2 is 1.93 bits per heavy atom. The zero-order valence-electron chi connectivity index (χ0n) is 15.0. The highest BCUT2D eigenvalue weighted by molar-refractivity contribution is 6.06. The Bertz CT molecular complexity index is 1010. The summed E-state index contributed by atoms with van der Waals surface area (Å²) in [6.45, 7) is 3.47. The quantitative estimate of drug-likeness (QED) is 0.771. The third-order valence-corrected chi connectivity index (χ3v) is 4.49. The molecule has 3 aromatic rings. The summed E-state index contributed by atoms with van der Waals surface area (Å²) < 4.78 is 5.75. The lowest BCUT2D eigenvalue weighted by Crippen LogP contribution is -2.36. The summed E-state index contributed by atoms with van der Waals surface area (Å²) in [6.07, 6.45) is 0. The van der Waals surface area contributed by atoms with Crippen LogP contribution in [0, 0.1) is 6.92 Å². The number of nitrogens with zero attached hydrogens (tertiary/aromatic N) is 3. The maximum absolute atomic E-state index is 13.0. The van der Waals surface area contributed by atoms with E-state index in [1.807, 2.05) is 55.5 Å². The number of nitrogens with one attached hydrogen (secondary N) is 1. The van der Waals surface area contributed by atoms with Gasteiger partial charge in [-0.25, -0.2) is 0 Å². The second-order valence-electron chi connectivity index (χ2n) is 6.44. The van der Waals surface area contributed by atoms with Gasteiger partial charge in [0, 0.05) is 18.1 Å². The van der Waals surface area contributed by atoms with Gasteiger partial charge in [-0.3, -0.25) is 9.59 Å².